The molecule has 0 radical (unpaired) electrons. The minimum absolute atomic E-state index is 0.346. The van der Waals surface area contributed by atoms with Gasteiger partial charge in [-0.3, -0.25) is 0 Å². The van der Waals surface area contributed by atoms with Crippen molar-refractivity contribution in [1.82, 2.24) is 5.32 Å². The second-order valence-electron chi connectivity index (χ2n) is 4.73. The predicted molar refractivity (Wildman–Crippen MR) is 70.8 cm³/mol. The first-order valence-corrected chi connectivity index (χ1v) is 6.93. The van der Waals surface area contributed by atoms with Gasteiger partial charge >= 0.3 is 0 Å². The minimum atomic E-state index is 0.346. The summed E-state index contributed by atoms with van der Waals surface area (Å²) in [5, 5.41) is 3.53. The van der Waals surface area contributed by atoms with Gasteiger partial charge in [0, 0.05) is 23.1 Å². The first-order valence-electron chi connectivity index (χ1n) is 5.94. The standard InChI is InChI=1S/C12H27NOS/c1-6-8-13-11(9-14-7-2)10-15-12(3,4)5/h11,13H,6-10H2,1-5H3. The van der Waals surface area contributed by atoms with Crippen LogP contribution in [0, 0.1) is 0 Å². The third-order valence-corrected chi connectivity index (χ3v) is 3.36. The zero-order chi connectivity index (χ0) is 11.7. The Balaban J connectivity index is 3.78. The molecule has 0 spiro atoms. The summed E-state index contributed by atoms with van der Waals surface area (Å²) >= 11 is 2.00. The summed E-state index contributed by atoms with van der Waals surface area (Å²) in [5.74, 6) is 1.13. The van der Waals surface area contributed by atoms with E-state index < -0.39 is 0 Å². The monoisotopic (exact) mass is 233 g/mol. The maximum Gasteiger partial charge on any atom is 0.0627 e. The van der Waals surface area contributed by atoms with Crippen LogP contribution in [0.15, 0.2) is 0 Å². The van der Waals surface area contributed by atoms with Crippen LogP contribution in [0.4, 0.5) is 0 Å². The van der Waals surface area contributed by atoms with E-state index in [1.54, 1.807) is 0 Å². The molecule has 0 saturated heterocycles. The molecule has 3 heteroatoms. The van der Waals surface area contributed by atoms with Crippen molar-refractivity contribution in [3.63, 3.8) is 0 Å². The van der Waals surface area contributed by atoms with Gasteiger partial charge in [0.2, 0.25) is 0 Å². The highest BCUT2D eigenvalue weighted by Gasteiger charge is 2.15. The smallest absolute Gasteiger partial charge is 0.0627 e. The molecule has 1 N–H and O–H groups in total. The molecule has 1 atom stereocenters. The first-order chi connectivity index (χ1) is 6.99. The molecule has 15 heavy (non-hydrogen) atoms. The summed E-state index contributed by atoms with van der Waals surface area (Å²) in [7, 11) is 0. The molecule has 0 aromatic rings. The van der Waals surface area contributed by atoms with E-state index in [1.165, 1.54) is 6.42 Å². The molecule has 0 rings (SSSR count). The van der Waals surface area contributed by atoms with Crippen molar-refractivity contribution < 1.29 is 4.74 Å². The van der Waals surface area contributed by atoms with Crippen molar-refractivity contribution in [2.24, 2.45) is 0 Å². The summed E-state index contributed by atoms with van der Waals surface area (Å²) in [6.07, 6.45) is 1.18. The van der Waals surface area contributed by atoms with Crippen LogP contribution in [0.1, 0.15) is 41.0 Å². The van der Waals surface area contributed by atoms with Crippen LogP contribution < -0.4 is 5.32 Å². The van der Waals surface area contributed by atoms with E-state index in [-0.39, 0.29) is 0 Å². The quantitative estimate of drug-likeness (QED) is 0.696. The van der Waals surface area contributed by atoms with Crippen LogP contribution in [0.5, 0.6) is 0 Å². The molecule has 0 fully saturated rings. The summed E-state index contributed by atoms with van der Waals surface area (Å²) < 4.78 is 5.83. The number of ether oxygens (including phenoxy) is 1. The Morgan fingerprint density at radius 1 is 1.27 bits per heavy atom. The third-order valence-electron chi connectivity index (χ3n) is 1.92. The molecule has 0 amide bonds. The van der Waals surface area contributed by atoms with Gasteiger partial charge in [0.1, 0.15) is 0 Å². The van der Waals surface area contributed by atoms with Gasteiger partial charge in [-0.05, 0) is 19.9 Å². The molecule has 0 saturated carbocycles. The summed E-state index contributed by atoms with van der Waals surface area (Å²) in [6, 6.07) is 0.495. The summed E-state index contributed by atoms with van der Waals surface area (Å²) in [4.78, 5) is 0. The molecule has 0 aliphatic carbocycles. The topological polar surface area (TPSA) is 21.3 Å². The Labute approximate surface area is 99.5 Å². The van der Waals surface area contributed by atoms with Crippen molar-refractivity contribution in [2.75, 3.05) is 25.5 Å². The summed E-state index contributed by atoms with van der Waals surface area (Å²) in [6.45, 7) is 13.8. The lowest BCUT2D eigenvalue weighted by molar-refractivity contribution is 0.128. The van der Waals surface area contributed by atoms with Gasteiger partial charge in [0.25, 0.3) is 0 Å². The molecule has 0 heterocycles. The number of hydrogen-bond donors (Lipinski definition) is 1. The molecule has 92 valence electrons. The van der Waals surface area contributed by atoms with Gasteiger partial charge in [-0.1, -0.05) is 27.7 Å². The maximum absolute atomic E-state index is 5.48. The third kappa shape index (κ3) is 10.6. The van der Waals surface area contributed by atoms with Crippen LogP contribution in [0.2, 0.25) is 0 Å². The highest BCUT2D eigenvalue weighted by atomic mass is 32.2. The van der Waals surface area contributed by atoms with Crippen molar-refractivity contribution >= 4 is 11.8 Å². The molecular formula is C12H27NOS. The minimum Gasteiger partial charge on any atom is -0.380 e. The molecule has 0 aromatic heterocycles. The fourth-order valence-electron chi connectivity index (χ4n) is 1.13. The highest BCUT2D eigenvalue weighted by Crippen LogP contribution is 2.23. The Bertz CT molecular complexity index is 137. The number of thioether (sulfide) groups is 1. The average Bonchev–Trinajstić information content (AvgIpc) is 2.15. The van der Waals surface area contributed by atoms with Crippen molar-refractivity contribution in [3.05, 3.63) is 0 Å². The zero-order valence-electron chi connectivity index (χ0n) is 10.9. The highest BCUT2D eigenvalue weighted by molar-refractivity contribution is 8.00. The lowest BCUT2D eigenvalue weighted by atomic mass is 10.3. The van der Waals surface area contributed by atoms with Gasteiger partial charge in [-0.25, -0.2) is 0 Å². The van der Waals surface area contributed by atoms with Crippen LogP contribution >= 0.6 is 11.8 Å². The number of nitrogens with one attached hydrogen (secondary N) is 1. The SMILES string of the molecule is CCCNC(COCC)CSC(C)(C)C. The number of rotatable bonds is 8. The molecule has 0 aliphatic rings. The molecule has 0 aromatic carbocycles. The van der Waals surface area contributed by atoms with Crippen LogP contribution in [0.3, 0.4) is 0 Å². The lowest BCUT2D eigenvalue weighted by Crippen LogP contribution is -2.37. The van der Waals surface area contributed by atoms with Crippen LogP contribution in [-0.2, 0) is 4.74 Å². The Morgan fingerprint density at radius 3 is 2.40 bits per heavy atom. The van der Waals surface area contributed by atoms with E-state index in [1.807, 2.05) is 18.7 Å². The summed E-state index contributed by atoms with van der Waals surface area (Å²) in [5.41, 5.74) is 0. The Morgan fingerprint density at radius 2 is 1.93 bits per heavy atom. The lowest BCUT2D eigenvalue weighted by Gasteiger charge is -2.23. The van der Waals surface area contributed by atoms with Gasteiger partial charge in [-0.15, -0.1) is 0 Å². The molecule has 1 unspecified atom stereocenters. The molecule has 0 bridgehead atoms. The van der Waals surface area contributed by atoms with Gasteiger partial charge in [-0.2, -0.15) is 11.8 Å². The molecular weight excluding hydrogens is 206 g/mol. The van der Waals surface area contributed by atoms with Gasteiger partial charge in [0.15, 0.2) is 0 Å². The molecule has 2 nitrogen and oxygen atoms in total. The van der Waals surface area contributed by atoms with Crippen molar-refractivity contribution in [1.29, 1.82) is 0 Å². The van der Waals surface area contributed by atoms with Crippen LogP contribution in [0.25, 0.3) is 0 Å². The van der Waals surface area contributed by atoms with E-state index in [4.69, 9.17) is 4.74 Å². The van der Waals surface area contributed by atoms with E-state index >= 15 is 0 Å². The fourth-order valence-corrected chi connectivity index (χ4v) is 2.04. The van der Waals surface area contributed by atoms with E-state index in [0.717, 1.165) is 25.5 Å². The largest absolute Gasteiger partial charge is 0.380 e. The molecule has 0 aliphatic heterocycles. The van der Waals surface area contributed by atoms with Gasteiger partial charge in [0.05, 0.1) is 6.61 Å². The van der Waals surface area contributed by atoms with E-state index in [0.29, 0.717) is 10.8 Å². The normalized spacial score (nSPS) is 14.2. The van der Waals surface area contributed by atoms with E-state index in [2.05, 4.69) is 33.0 Å². The Hall–Kier alpha value is 0.270. The van der Waals surface area contributed by atoms with Crippen molar-refractivity contribution in [2.45, 2.75) is 51.8 Å². The Kier molecular flexibility index (Phi) is 8.58. The average molecular weight is 233 g/mol. The first kappa shape index (κ1) is 15.3. The second-order valence-corrected chi connectivity index (χ2v) is 6.58. The van der Waals surface area contributed by atoms with Crippen LogP contribution in [-0.4, -0.2) is 36.3 Å². The predicted octanol–water partition coefficient (Wildman–Crippen LogP) is 2.92. The van der Waals surface area contributed by atoms with Gasteiger partial charge < -0.3 is 10.1 Å². The zero-order valence-corrected chi connectivity index (χ0v) is 11.7. The second kappa shape index (κ2) is 8.43. The maximum atomic E-state index is 5.48. The van der Waals surface area contributed by atoms with Crippen molar-refractivity contribution in [3.8, 4) is 0 Å². The van der Waals surface area contributed by atoms with E-state index in [9.17, 15) is 0 Å². The fraction of sp³-hybridized carbons (Fsp3) is 1.00. The number of hydrogen-bond acceptors (Lipinski definition) is 3.